The second-order valence-corrected chi connectivity index (χ2v) is 6.17. The highest BCUT2D eigenvalue weighted by Crippen LogP contribution is 2.31. The Hall–Kier alpha value is -1.35. The third kappa shape index (κ3) is 2.66. The van der Waals surface area contributed by atoms with Gasteiger partial charge in [0.25, 0.3) is 0 Å². The highest BCUT2D eigenvalue weighted by Gasteiger charge is 2.21. The molecule has 0 unspecified atom stereocenters. The van der Waals surface area contributed by atoms with E-state index in [2.05, 4.69) is 31.4 Å². The fraction of sp³-hybridized carbons (Fsp3) is 0.500. The molecule has 0 saturated heterocycles. The van der Waals surface area contributed by atoms with Crippen molar-refractivity contribution in [2.45, 2.75) is 46.1 Å². The van der Waals surface area contributed by atoms with E-state index in [9.17, 15) is 4.39 Å². The van der Waals surface area contributed by atoms with Crippen molar-refractivity contribution in [3.05, 3.63) is 35.3 Å². The van der Waals surface area contributed by atoms with E-state index in [1.165, 1.54) is 5.69 Å². The molecule has 1 N–H and O–H groups in total. The number of aryl methyl sites for hydroxylation is 2. The fourth-order valence-corrected chi connectivity index (χ4v) is 2.49. The normalized spacial score (nSPS) is 12.3. The van der Waals surface area contributed by atoms with E-state index < -0.39 is 0 Å². The smallest absolute Gasteiger partial charge is 0.128 e. The summed E-state index contributed by atoms with van der Waals surface area (Å²) in [6.07, 6.45) is 0.683. The number of fused-ring (bicyclic) bond motifs is 1. The lowest BCUT2D eigenvalue weighted by atomic mass is 9.92. The number of nitrogens with zero attached hydrogens (tertiary/aromatic N) is 1. The van der Waals surface area contributed by atoms with Crippen LogP contribution in [0.5, 0.6) is 0 Å². The molecule has 2 rings (SSSR count). The second-order valence-electron chi connectivity index (χ2n) is 6.17. The molecule has 0 bridgehead atoms. The summed E-state index contributed by atoms with van der Waals surface area (Å²) in [6.45, 7) is 9.11. The maximum Gasteiger partial charge on any atom is 0.128 e. The lowest BCUT2D eigenvalue weighted by Crippen LogP contribution is -2.18. The molecule has 0 saturated carbocycles. The van der Waals surface area contributed by atoms with Crippen molar-refractivity contribution >= 4 is 10.9 Å². The first kappa shape index (κ1) is 14.1. The van der Waals surface area contributed by atoms with Gasteiger partial charge in [-0.3, -0.25) is 0 Å². The third-order valence-electron chi connectivity index (χ3n) is 3.49. The SMILES string of the molecule is Cc1cc2cc(C(C)(C)C)n(CCCO)c2cc1F. The van der Waals surface area contributed by atoms with Crippen LogP contribution in [-0.4, -0.2) is 16.3 Å². The zero-order valence-electron chi connectivity index (χ0n) is 12.1. The van der Waals surface area contributed by atoms with E-state index in [4.69, 9.17) is 5.11 Å². The Bertz CT molecular complexity index is 593. The molecule has 0 aliphatic heterocycles. The predicted molar refractivity (Wildman–Crippen MR) is 77.0 cm³/mol. The van der Waals surface area contributed by atoms with Gasteiger partial charge in [0.05, 0.1) is 5.52 Å². The van der Waals surface area contributed by atoms with Crippen molar-refractivity contribution < 1.29 is 9.50 Å². The standard InChI is InChI=1S/C16H22FNO/c1-11-8-12-9-15(16(2,3)4)18(6-5-7-19)14(12)10-13(11)17/h8-10,19H,5-7H2,1-4H3. The summed E-state index contributed by atoms with van der Waals surface area (Å²) in [6, 6.07) is 5.64. The van der Waals surface area contributed by atoms with Crippen molar-refractivity contribution in [1.82, 2.24) is 4.57 Å². The molecule has 0 fully saturated rings. The van der Waals surface area contributed by atoms with E-state index in [0.717, 1.165) is 17.4 Å². The van der Waals surface area contributed by atoms with Crippen LogP contribution >= 0.6 is 0 Å². The van der Waals surface area contributed by atoms with Crippen LogP contribution in [0, 0.1) is 12.7 Å². The summed E-state index contributed by atoms with van der Waals surface area (Å²) in [5, 5.41) is 10.1. The van der Waals surface area contributed by atoms with Crippen LogP contribution in [-0.2, 0) is 12.0 Å². The monoisotopic (exact) mass is 263 g/mol. The predicted octanol–water partition coefficient (Wildman–Crippen LogP) is 3.77. The number of benzene rings is 1. The molecule has 0 radical (unpaired) electrons. The van der Waals surface area contributed by atoms with Crippen LogP contribution in [0.15, 0.2) is 18.2 Å². The molecule has 1 aromatic carbocycles. The number of aliphatic hydroxyl groups excluding tert-OH is 1. The summed E-state index contributed by atoms with van der Waals surface area (Å²) < 4.78 is 15.9. The number of rotatable bonds is 3. The Morgan fingerprint density at radius 1 is 1.21 bits per heavy atom. The molecule has 0 amide bonds. The average Bonchev–Trinajstić information content (AvgIpc) is 2.65. The molecule has 19 heavy (non-hydrogen) atoms. The quantitative estimate of drug-likeness (QED) is 0.896. The molecule has 0 atom stereocenters. The van der Waals surface area contributed by atoms with Gasteiger partial charge >= 0.3 is 0 Å². The zero-order valence-corrected chi connectivity index (χ0v) is 12.1. The molecule has 2 nitrogen and oxygen atoms in total. The highest BCUT2D eigenvalue weighted by atomic mass is 19.1. The maximum absolute atomic E-state index is 13.8. The largest absolute Gasteiger partial charge is 0.396 e. The summed E-state index contributed by atoms with van der Waals surface area (Å²) in [5.74, 6) is -0.170. The Morgan fingerprint density at radius 2 is 1.89 bits per heavy atom. The van der Waals surface area contributed by atoms with E-state index >= 15 is 0 Å². The van der Waals surface area contributed by atoms with Crippen LogP contribution in [0.2, 0.25) is 0 Å². The lowest BCUT2D eigenvalue weighted by molar-refractivity contribution is 0.279. The number of aliphatic hydroxyl groups is 1. The first-order valence-corrected chi connectivity index (χ1v) is 6.75. The third-order valence-corrected chi connectivity index (χ3v) is 3.49. The lowest BCUT2D eigenvalue weighted by Gasteiger charge is -2.22. The van der Waals surface area contributed by atoms with E-state index in [1.807, 2.05) is 6.07 Å². The molecule has 1 heterocycles. The van der Waals surface area contributed by atoms with Crippen LogP contribution in [0.4, 0.5) is 4.39 Å². The average molecular weight is 263 g/mol. The topological polar surface area (TPSA) is 25.2 Å². The van der Waals surface area contributed by atoms with Gasteiger partial charge in [0.15, 0.2) is 0 Å². The van der Waals surface area contributed by atoms with Gasteiger partial charge in [-0.05, 0) is 37.1 Å². The van der Waals surface area contributed by atoms with Crippen LogP contribution in [0.25, 0.3) is 10.9 Å². The van der Waals surface area contributed by atoms with Gasteiger partial charge < -0.3 is 9.67 Å². The Labute approximate surface area is 113 Å². The van der Waals surface area contributed by atoms with Crippen molar-refractivity contribution in [3.63, 3.8) is 0 Å². The van der Waals surface area contributed by atoms with Gasteiger partial charge in [-0.25, -0.2) is 4.39 Å². The maximum atomic E-state index is 13.8. The molecule has 104 valence electrons. The van der Waals surface area contributed by atoms with Crippen LogP contribution < -0.4 is 0 Å². The Balaban J connectivity index is 2.67. The number of halogens is 1. The van der Waals surface area contributed by atoms with Gasteiger partial charge in [-0.2, -0.15) is 0 Å². The minimum Gasteiger partial charge on any atom is -0.396 e. The van der Waals surface area contributed by atoms with Crippen LogP contribution in [0.1, 0.15) is 38.4 Å². The van der Waals surface area contributed by atoms with E-state index in [0.29, 0.717) is 12.0 Å². The minimum atomic E-state index is -0.170. The van der Waals surface area contributed by atoms with Crippen molar-refractivity contribution in [1.29, 1.82) is 0 Å². The summed E-state index contributed by atoms with van der Waals surface area (Å²) in [5.41, 5.74) is 2.77. The molecule has 2 aromatic rings. The molecule has 1 aromatic heterocycles. The molecular weight excluding hydrogens is 241 g/mol. The number of hydrogen-bond donors (Lipinski definition) is 1. The van der Waals surface area contributed by atoms with E-state index in [1.54, 1.807) is 13.0 Å². The summed E-state index contributed by atoms with van der Waals surface area (Å²) in [4.78, 5) is 0. The van der Waals surface area contributed by atoms with Gasteiger partial charge in [-0.15, -0.1) is 0 Å². The van der Waals surface area contributed by atoms with Gasteiger partial charge in [0.2, 0.25) is 0 Å². The van der Waals surface area contributed by atoms with Gasteiger partial charge in [0, 0.05) is 29.6 Å². The van der Waals surface area contributed by atoms with Crippen molar-refractivity contribution in [2.24, 2.45) is 0 Å². The van der Waals surface area contributed by atoms with Gasteiger partial charge in [0.1, 0.15) is 5.82 Å². The highest BCUT2D eigenvalue weighted by molar-refractivity contribution is 5.82. The first-order valence-electron chi connectivity index (χ1n) is 6.75. The molecule has 0 aliphatic rings. The van der Waals surface area contributed by atoms with E-state index in [-0.39, 0.29) is 17.8 Å². The second kappa shape index (κ2) is 4.97. The minimum absolute atomic E-state index is 0.00113. The molecule has 0 spiro atoms. The fourth-order valence-electron chi connectivity index (χ4n) is 2.49. The Kier molecular flexibility index (Phi) is 3.68. The Morgan fingerprint density at radius 3 is 2.47 bits per heavy atom. The molecular formula is C16H22FNO. The van der Waals surface area contributed by atoms with Crippen molar-refractivity contribution in [2.75, 3.05) is 6.61 Å². The van der Waals surface area contributed by atoms with Crippen molar-refractivity contribution in [3.8, 4) is 0 Å². The summed E-state index contributed by atoms with van der Waals surface area (Å²) >= 11 is 0. The number of hydrogen-bond acceptors (Lipinski definition) is 1. The zero-order chi connectivity index (χ0) is 14.2. The first-order chi connectivity index (χ1) is 8.84. The van der Waals surface area contributed by atoms with Gasteiger partial charge in [-0.1, -0.05) is 20.8 Å². The van der Waals surface area contributed by atoms with Crippen LogP contribution in [0.3, 0.4) is 0 Å². The molecule has 0 aliphatic carbocycles. The number of aromatic nitrogens is 1. The molecule has 3 heteroatoms. The summed E-state index contributed by atoms with van der Waals surface area (Å²) in [7, 11) is 0.